The van der Waals surface area contributed by atoms with Gasteiger partial charge in [-0.15, -0.1) is 11.3 Å². The van der Waals surface area contributed by atoms with Crippen LogP contribution in [0.3, 0.4) is 0 Å². The summed E-state index contributed by atoms with van der Waals surface area (Å²) in [7, 11) is 0. The van der Waals surface area contributed by atoms with Gasteiger partial charge in [-0.3, -0.25) is 15.1 Å². The second-order valence-electron chi connectivity index (χ2n) is 7.29. The maximum Gasteiger partial charge on any atom is 0.269 e. The Morgan fingerprint density at radius 2 is 2.16 bits per heavy atom. The average molecular weight is 462 g/mol. The predicted molar refractivity (Wildman–Crippen MR) is 128 cm³/mol. The van der Waals surface area contributed by atoms with Crippen molar-refractivity contribution in [3.63, 3.8) is 0 Å². The van der Waals surface area contributed by atoms with Crippen LogP contribution in [0.4, 0.5) is 5.13 Å². The van der Waals surface area contributed by atoms with E-state index in [1.165, 1.54) is 16.9 Å². The standard InChI is InChI=1S/C20H27N7O2S2/c21-19(22)26-20-25-16(13-31-20)12-30-9-8-23-18-17(27(28)29)10-15(11-24-18)7-6-14-4-2-1-3-5-14/h1-5,13,15,17H,6-12H2,(H,23,24)(H4,21,22,25,26). The van der Waals surface area contributed by atoms with Crippen LogP contribution in [0.5, 0.6) is 0 Å². The third-order valence-corrected chi connectivity index (χ3v) is 6.67. The SMILES string of the molecule is NC(N)=Nc1nc(CSCCNC2=NCC(CCc3ccccc3)CC2[N+](=O)[O-])cs1. The molecule has 0 bridgehead atoms. The number of aromatic nitrogens is 1. The fourth-order valence-corrected chi connectivity index (χ4v) is 4.93. The lowest BCUT2D eigenvalue weighted by molar-refractivity contribution is -0.506. The van der Waals surface area contributed by atoms with E-state index in [0.717, 1.165) is 30.0 Å². The molecule has 3 rings (SSSR count). The molecule has 0 amide bonds. The largest absolute Gasteiger partial charge is 0.370 e. The molecule has 5 N–H and O–H groups in total. The zero-order valence-corrected chi connectivity index (χ0v) is 18.8. The average Bonchev–Trinajstić information content (AvgIpc) is 3.19. The van der Waals surface area contributed by atoms with Crippen molar-refractivity contribution < 1.29 is 4.92 Å². The first-order chi connectivity index (χ1) is 15.0. The molecule has 31 heavy (non-hydrogen) atoms. The fourth-order valence-electron chi connectivity index (χ4n) is 3.37. The number of aryl methyl sites for hydroxylation is 1. The van der Waals surface area contributed by atoms with Crippen molar-refractivity contribution in [1.82, 2.24) is 10.3 Å². The molecule has 0 fully saturated rings. The summed E-state index contributed by atoms with van der Waals surface area (Å²) in [5.74, 6) is 2.25. The number of thiazole rings is 1. The smallest absolute Gasteiger partial charge is 0.269 e. The van der Waals surface area contributed by atoms with Crippen LogP contribution < -0.4 is 16.8 Å². The van der Waals surface area contributed by atoms with Crippen molar-refractivity contribution in [1.29, 1.82) is 0 Å². The van der Waals surface area contributed by atoms with Crippen molar-refractivity contribution in [3.05, 3.63) is 57.1 Å². The Bertz CT molecular complexity index is 913. The molecular weight excluding hydrogens is 434 g/mol. The van der Waals surface area contributed by atoms with Gasteiger partial charge in [0.05, 0.1) is 5.69 Å². The fraction of sp³-hybridized carbons (Fsp3) is 0.450. The maximum atomic E-state index is 11.6. The first-order valence-electron chi connectivity index (χ1n) is 10.1. The molecule has 1 aliphatic rings. The highest BCUT2D eigenvalue weighted by atomic mass is 32.2. The van der Waals surface area contributed by atoms with E-state index in [1.54, 1.807) is 11.8 Å². The van der Waals surface area contributed by atoms with Gasteiger partial charge in [0.1, 0.15) is 0 Å². The van der Waals surface area contributed by atoms with Gasteiger partial charge in [-0.05, 0) is 24.3 Å². The number of hydrogen-bond acceptors (Lipinski definition) is 8. The molecule has 0 aliphatic carbocycles. The molecule has 2 heterocycles. The van der Waals surface area contributed by atoms with E-state index in [1.807, 2.05) is 23.6 Å². The molecule has 166 valence electrons. The van der Waals surface area contributed by atoms with Crippen LogP contribution in [0.1, 0.15) is 24.1 Å². The van der Waals surface area contributed by atoms with Crippen molar-refractivity contribution in [3.8, 4) is 0 Å². The van der Waals surface area contributed by atoms with Crippen molar-refractivity contribution in [2.24, 2.45) is 27.4 Å². The Morgan fingerprint density at radius 1 is 1.35 bits per heavy atom. The number of nitrogens with two attached hydrogens (primary N) is 2. The molecule has 0 saturated carbocycles. The molecular formula is C20H27N7O2S2. The first kappa shape index (κ1) is 23.0. The predicted octanol–water partition coefficient (Wildman–Crippen LogP) is 2.57. The van der Waals surface area contributed by atoms with Crippen LogP contribution in [0.25, 0.3) is 0 Å². The number of benzene rings is 1. The van der Waals surface area contributed by atoms with Gasteiger partial charge in [-0.25, -0.2) is 4.98 Å². The van der Waals surface area contributed by atoms with Crippen LogP contribution in [-0.2, 0) is 12.2 Å². The van der Waals surface area contributed by atoms with Gasteiger partial charge in [-0.2, -0.15) is 16.8 Å². The van der Waals surface area contributed by atoms with Gasteiger partial charge in [0.25, 0.3) is 6.04 Å². The van der Waals surface area contributed by atoms with Gasteiger partial charge >= 0.3 is 0 Å². The van der Waals surface area contributed by atoms with Gasteiger partial charge in [0.2, 0.25) is 5.13 Å². The summed E-state index contributed by atoms with van der Waals surface area (Å²) in [6, 6.07) is 9.47. The van der Waals surface area contributed by atoms with Gasteiger partial charge in [0.15, 0.2) is 11.8 Å². The number of amidine groups is 1. The van der Waals surface area contributed by atoms with E-state index in [0.29, 0.717) is 30.5 Å². The number of aliphatic imine (C=N–C) groups is 2. The number of rotatable bonds is 10. The third-order valence-electron chi connectivity index (χ3n) is 4.90. The highest BCUT2D eigenvalue weighted by Gasteiger charge is 2.34. The maximum absolute atomic E-state index is 11.6. The van der Waals surface area contributed by atoms with Crippen molar-refractivity contribution in [2.45, 2.75) is 31.1 Å². The second kappa shape index (κ2) is 11.7. The molecule has 0 radical (unpaired) electrons. The van der Waals surface area contributed by atoms with E-state index in [-0.39, 0.29) is 16.8 Å². The molecule has 0 saturated heterocycles. The van der Waals surface area contributed by atoms with Crippen LogP contribution >= 0.6 is 23.1 Å². The second-order valence-corrected chi connectivity index (χ2v) is 9.23. The minimum absolute atomic E-state index is 0.00587. The Hall–Kier alpha value is -2.66. The number of guanidine groups is 1. The molecule has 2 aromatic rings. The minimum Gasteiger partial charge on any atom is -0.370 e. The summed E-state index contributed by atoms with van der Waals surface area (Å²) in [4.78, 5) is 24.1. The molecule has 2 unspecified atom stereocenters. The van der Waals surface area contributed by atoms with E-state index in [2.05, 4.69) is 32.4 Å². The zero-order valence-electron chi connectivity index (χ0n) is 17.1. The Labute approximate surface area is 189 Å². The molecule has 0 spiro atoms. The lowest BCUT2D eigenvalue weighted by atomic mass is 9.90. The van der Waals surface area contributed by atoms with Crippen LogP contribution in [0.2, 0.25) is 0 Å². The third kappa shape index (κ3) is 7.51. The minimum atomic E-state index is -0.750. The van der Waals surface area contributed by atoms with Gasteiger partial charge in [0, 0.05) is 41.3 Å². The van der Waals surface area contributed by atoms with Crippen LogP contribution in [0.15, 0.2) is 45.7 Å². The summed E-state index contributed by atoms with van der Waals surface area (Å²) < 4.78 is 0. The molecule has 1 aliphatic heterocycles. The Balaban J connectivity index is 1.41. The van der Waals surface area contributed by atoms with Crippen molar-refractivity contribution in [2.75, 3.05) is 18.8 Å². The van der Waals surface area contributed by atoms with E-state index in [4.69, 9.17) is 11.5 Å². The highest BCUT2D eigenvalue weighted by Crippen LogP contribution is 2.23. The number of thioether (sulfide) groups is 1. The normalized spacial score (nSPS) is 18.3. The summed E-state index contributed by atoms with van der Waals surface area (Å²) in [6.07, 6.45) is 2.37. The lowest BCUT2D eigenvalue weighted by Crippen LogP contribution is -2.45. The lowest BCUT2D eigenvalue weighted by Gasteiger charge is -2.24. The molecule has 2 atom stereocenters. The zero-order chi connectivity index (χ0) is 22.1. The topological polar surface area (TPSA) is 145 Å². The Morgan fingerprint density at radius 3 is 2.90 bits per heavy atom. The Kier molecular flexibility index (Phi) is 8.65. The molecule has 11 heteroatoms. The summed E-state index contributed by atoms with van der Waals surface area (Å²) in [6.45, 7) is 1.26. The molecule has 1 aromatic carbocycles. The molecule has 9 nitrogen and oxygen atoms in total. The first-order valence-corrected chi connectivity index (χ1v) is 12.1. The van der Waals surface area contributed by atoms with Gasteiger partial charge in [-0.1, -0.05) is 30.3 Å². The van der Waals surface area contributed by atoms with E-state index < -0.39 is 6.04 Å². The van der Waals surface area contributed by atoms with Crippen molar-refractivity contribution >= 4 is 40.0 Å². The number of nitro groups is 1. The summed E-state index contributed by atoms with van der Waals surface area (Å²) in [5.41, 5.74) is 12.9. The van der Waals surface area contributed by atoms with E-state index >= 15 is 0 Å². The number of nitrogens with zero attached hydrogens (tertiary/aromatic N) is 4. The summed E-state index contributed by atoms with van der Waals surface area (Å²) in [5, 5.41) is 17.2. The van der Waals surface area contributed by atoms with Crippen LogP contribution in [-0.4, -0.2) is 46.6 Å². The highest BCUT2D eigenvalue weighted by molar-refractivity contribution is 7.98. The quantitative estimate of drug-likeness (QED) is 0.162. The molecule has 1 aromatic heterocycles. The number of hydrogen-bond donors (Lipinski definition) is 3. The number of nitrogens with one attached hydrogen (secondary N) is 1. The van der Waals surface area contributed by atoms with E-state index in [9.17, 15) is 10.1 Å². The summed E-state index contributed by atoms with van der Waals surface area (Å²) >= 11 is 3.08. The monoisotopic (exact) mass is 461 g/mol. The van der Waals surface area contributed by atoms with Gasteiger partial charge < -0.3 is 16.8 Å². The van der Waals surface area contributed by atoms with Crippen LogP contribution in [0, 0.1) is 16.0 Å².